The number of nitrogens with zero attached hydrogens (tertiary/aromatic N) is 2. The zero-order valence-electron chi connectivity index (χ0n) is 15.7. The molecule has 1 aromatic carbocycles. The van der Waals surface area contributed by atoms with Crippen LogP contribution in [-0.4, -0.2) is 60.1 Å². The van der Waals surface area contributed by atoms with Crippen LogP contribution in [0.3, 0.4) is 0 Å². The SMILES string of the molecule is CSC1CCN(C2CCN(C(C)c3ccc4c(c3)OCC4)CC2)CC1. The van der Waals surface area contributed by atoms with Gasteiger partial charge in [-0.2, -0.15) is 11.8 Å². The topological polar surface area (TPSA) is 15.7 Å². The predicted octanol–water partition coefficient (Wildman–Crippen LogP) is 3.97. The molecule has 3 aliphatic heterocycles. The number of rotatable bonds is 4. The molecule has 2 saturated heterocycles. The molecule has 0 N–H and O–H groups in total. The number of ether oxygens (including phenoxy) is 1. The van der Waals surface area contributed by atoms with Gasteiger partial charge in [0, 0.05) is 36.8 Å². The quantitative estimate of drug-likeness (QED) is 0.807. The molecule has 1 atom stereocenters. The van der Waals surface area contributed by atoms with E-state index in [0.717, 1.165) is 30.1 Å². The molecule has 1 aromatic rings. The normalized spacial score (nSPS) is 24.9. The molecular formula is C21H32N2OS. The predicted molar refractivity (Wildman–Crippen MR) is 107 cm³/mol. The number of likely N-dealkylation sites (tertiary alicyclic amines) is 2. The molecule has 4 heteroatoms. The molecule has 0 aromatic heterocycles. The number of thioether (sulfide) groups is 1. The van der Waals surface area contributed by atoms with Crippen molar-refractivity contribution in [2.75, 3.05) is 39.0 Å². The maximum Gasteiger partial charge on any atom is 0.122 e. The third-order valence-electron chi connectivity index (χ3n) is 6.58. The van der Waals surface area contributed by atoms with Crippen molar-refractivity contribution in [2.45, 2.75) is 56.4 Å². The zero-order chi connectivity index (χ0) is 17.2. The van der Waals surface area contributed by atoms with Gasteiger partial charge in [0.05, 0.1) is 6.61 Å². The van der Waals surface area contributed by atoms with Gasteiger partial charge >= 0.3 is 0 Å². The summed E-state index contributed by atoms with van der Waals surface area (Å²) in [6.07, 6.45) is 8.76. The van der Waals surface area contributed by atoms with Crippen LogP contribution in [0.5, 0.6) is 5.75 Å². The fraction of sp³-hybridized carbons (Fsp3) is 0.714. The molecule has 0 saturated carbocycles. The van der Waals surface area contributed by atoms with E-state index in [-0.39, 0.29) is 0 Å². The van der Waals surface area contributed by atoms with Crippen molar-refractivity contribution in [3.8, 4) is 5.75 Å². The molecule has 3 aliphatic rings. The second kappa shape index (κ2) is 7.89. The van der Waals surface area contributed by atoms with Crippen molar-refractivity contribution >= 4 is 11.8 Å². The number of benzene rings is 1. The highest BCUT2D eigenvalue weighted by Crippen LogP contribution is 2.33. The van der Waals surface area contributed by atoms with E-state index in [1.54, 1.807) is 0 Å². The molecule has 3 nitrogen and oxygen atoms in total. The highest BCUT2D eigenvalue weighted by atomic mass is 32.2. The molecule has 138 valence electrons. The lowest BCUT2D eigenvalue weighted by atomic mass is 9.96. The molecule has 0 radical (unpaired) electrons. The molecule has 0 aliphatic carbocycles. The van der Waals surface area contributed by atoms with Gasteiger partial charge in [-0.25, -0.2) is 0 Å². The Hall–Kier alpha value is -0.710. The van der Waals surface area contributed by atoms with Crippen LogP contribution in [0.25, 0.3) is 0 Å². The van der Waals surface area contributed by atoms with Gasteiger partial charge in [0.1, 0.15) is 5.75 Å². The number of fused-ring (bicyclic) bond motifs is 1. The second-order valence-electron chi connectivity index (χ2n) is 7.88. The molecule has 2 fully saturated rings. The average Bonchev–Trinajstić information content (AvgIpc) is 3.15. The first-order valence-electron chi connectivity index (χ1n) is 10.0. The minimum absolute atomic E-state index is 0.498. The second-order valence-corrected chi connectivity index (χ2v) is 9.02. The minimum Gasteiger partial charge on any atom is -0.493 e. The maximum atomic E-state index is 5.76. The minimum atomic E-state index is 0.498. The Balaban J connectivity index is 1.31. The molecule has 0 spiro atoms. The highest BCUT2D eigenvalue weighted by Gasteiger charge is 2.30. The van der Waals surface area contributed by atoms with Gasteiger partial charge < -0.3 is 9.64 Å². The molecule has 3 heterocycles. The molecule has 0 bridgehead atoms. The Morgan fingerprint density at radius 2 is 1.84 bits per heavy atom. The van der Waals surface area contributed by atoms with Crippen LogP contribution >= 0.6 is 11.8 Å². The van der Waals surface area contributed by atoms with Crippen LogP contribution in [0.4, 0.5) is 0 Å². The zero-order valence-corrected chi connectivity index (χ0v) is 16.6. The molecule has 1 unspecified atom stereocenters. The van der Waals surface area contributed by atoms with E-state index in [9.17, 15) is 0 Å². The van der Waals surface area contributed by atoms with Crippen molar-refractivity contribution in [1.82, 2.24) is 9.80 Å². The first-order valence-corrected chi connectivity index (χ1v) is 11.3. The van der Waals surface area contributed by atoms with Crippen LogP contribution in [-0.2, 0) is 6.42 Å². The van der Waals surface area contributed by atoms with Crippen LogP contribution in [0.2, 0.25) is 0 Å². The summed E-state index contributed by atoms with van der Waals surface area (Å²) in [6, 6.07) is 8.19. The fourth-order valence-electron chi connectivity index (χ4n) is 4.77. The summed E-state index contributed by atoms with van der Waals surface area (Å²) >= 11 is 2.06. The maximum absolute atomic E-state index is 5.76. The van der Waals surface area contributed by atoms with Crippen molar-refractivity contribution in [3.63, 3.8) is 0 Å². The van der Waals surface area contributed by atoms with E-state index in [4.69, 9.17) is 4.74 Å². The largest absolute Gasteiger partial charge is 0.493 e. The van der Waals surface area contributed by atoms with Crippen molar-refractivity contribution in [3.05, 3.63) is 29.3 Å². The first kappa shape index (κ1) is 17.7. The van der Waals surface area contributed by atoms with Crippen LogP contribution < -0.4 is 4.74 Å². The van der Waals surface area contributed by atoms with Gasteiger partial charge in [0.2, 0.25) is 0 Å². The summed E-state index contributed by atoms with van der Waals surface area (Å²) in [7, 11) is 0. The van der Waals surface area contributed by atoms with E-state index in [1.165, 1.54) is 63.0 Å². The van der Waals surface area contributed by atoms with E-state index in [2.05, 4.69) is 52.9 Å². The number of hydrogen-bond donors (Lipinski definition) is 0. The monoisotopic (exact) mass is 360 g/mol. The van der Waals surface area contributed by atoms with E-state index in [1.807, 2.05) is 0 Å². The van der Waals surface area contributed by atoms with Gasteiger partial charge in [-0.1, -0.05) is 12.1 Å². The third-order valence-corrected chi connectivity index (χ3v) is 7.71. The van der Waals surface area contributed by atoms with Crippen LogP contribution in [0.1, 0.15) is 49.8 Å². The first-order chi connectivity index (χ1) is 12.2. The lowest BCUT2D eigenvalue weighted by Crippen LogP contribution is -2.48. The Kier molecular flexibility index (Phi) is 5.59. The summed E-state index contributed by atoms with van der Waals surface area (Å²) in [6.45, 7) is 8.30. The Labute approximate surface area is 157 Å². The fourth-order valence-corrected chi connectivity index (χ4v) is 5.45. The smallest absolute Gasteiger partial charge is 0.122 e. The Bertz CT molecular complexity index is 577. The van der Waals surface area contributed by atoms with Gasteiger partial charge in [-0.05, 0) is 69.1 Å². The number of hydrogen-bond acceptors (Lipinski definition) is 4. The van der Waals surface area contributed by atoms with Crippen molar-refractivity contribution < 1.29 is 4.74 Å². The standard InChI is InChI=1S/C21H32N2OS/c1-16(18-4-3-17-9-14-24-21(17)15-18)22-10-5-19(6-11-22)23-12-7-20(25-2)8-13-23/h3-4,15-16,19-20H,5-14H2,1-2H3. The number of piperidine rings is 2. The van der Waals surface area contributed by atoms with Gasteiger partial charge in [0.25, 0.3) is 0 Å². The molecule has 0 amide bonds. The van der Waals surface area contributed by atoms with Gasteiger partial charge in [0.15, 0.2) is 0 Å². The summed E-state index contributed by atoms with van der Waals surface area (Å²) in [5.41, 5.74) is 2.79. The van der Waals surface area contributed by atoms with Crippen LogP contribution in [0, 0.1) is 0 Å². The lowest BCUT2D eigenvalue weighted by molar-refractivity contribution is 0.0769. The third kappa shape index (κ3) is 3.86. The van der Waals surface area contributed by atoms with Crippen molar-refractivity contribution in [1.29, 1.82) is 0 Å². The van der Waals surface area contributed by atoms with E-state index < -0.39 is 0 Å². The van der Waals surface area contributed by atoms with Gasteiger partial charge in [-0.15, -0.1) is 0 Å². The summed E-state index contributed by atoms with van der Waals surface area (Å²) in [5, 5.41) is 0.901. The van der Waals surface area contributed by atoms with E-state index >= 15 is 0 Å². The van der Waals surface area contributed by atoms with Gasteiger partial charge in [-0.3, -0.25) is 4.90 Å². The van der Waals surface area contributed by atoms with Crippen LogP contribution in [0.15, 0.2) is 18.2 Å². The molecular weight excluding hydrogens is 328 g/mol. The summed E-state index contributed by atoms with van der Waals surface area (Å²) < 4.78 is 5.76. The molecule has 25 heavy (non-hydrogen) atoms. The Morgan fingerprint density at radius 1 is 1.08 bits per heavy atom. The Morgan fingerprint density at radius 3 is 2.56 bits per heavy atom. The highest BCUT2D eigenvalue weighted by molar-refractivity contribution is 7.99. The van der Waals surface area contributed by atoms with E-state index in [0.29, 0.717) is 6.04 Å². The lowest BCUT2D eigenvalue weighted by Gasteiger charge is -2.43. The summed E-state index contributed by atoms with van der Waals surface area (Å²) in [4.78, 5) is 5.44. The average molecular weight is 361 g/mol. The van der Waals surface area contributed by atoms with Crippen molar-refractivity contribution in [2.24, 2.45) is 0 Å². The molecule has 4 rings (SSSR count). The summed E-state index contributed by atoms with van der Waals surface area (Å²) in [5.74, 6) is 1.12.